The van der Waals surface area contributed by atoms with Crippen molar-refractivity contribution in [1.29, 1.82) is 0 Å². The minimum atomic E-state index is 0.372. The van der Waals surface area contributed by atoms with Crippen LogP contribution < -0.4 is 4.74 Å². The van der Waals surface area contributed by atoms with Crippen LogP contribution in [-0.2, 0) is 5.88 Å². The third-order valence-electron chi connectivity index (χ3n) is 5.02. The third kappa shape index (κ3) is 3.62. The molecule has 1 saturated heterocycles. The van der Waals surface area contributed by atoms with Gasteiger partial charge in [-0.05, 0) is 79.2 Å². The molecule has 4 heteroatoms. The first-order valence-corrected chi connectivity index (χ1v) is 11.6. The lowest BCUT2D eigenvalue weighted by atomic mass is 9.97. The molecule has 0 aliphatic carbocycles. The van der Waals surface area contributed by atoms with Gasteiger partial charge in [-0.3, -0.25) is 0 Å². The van der Waals surface area contributed by atoms with Gasteiger partial charge in [0, 0.05) is 26.4 Å². The quantitative estimate of drug-likeness (QED) is 0.426. The summed E-state index contributed by atoms with van der Waals surface area (Å²) in [6.45, 7) is 4.40. The predicted octanol–water partition coefficient (Wildman–Crippen LogP) is 7.20. The van der Waals surface area contributed by atoms with E-state index in [1.807, 2.05) is 23.1 Å². The second kappa shape index (κ2) is 7.84. The van der Waals surface area contributed by atoms with Crippen LogP contribution in [0.2, 0.25) is 0 Å². The fourth-order valence-electron chi connectivity index (χ4n) is 3.66. The van der Waals surface area contributed by atoms with Crippen molar-refractivity contribution in [1.82, 2.24) is 0 Å². The molecule has 0 bridgehead atoms. The maximum Gasteiger partial charge on any atom is 0.120 e. The van der Waals surface area contributed by atoms with Crippen LogP contribution in [0.25, 0.3) is 21.2 Å². The van der Waals surface area contributed by atoms with Crippen LogP contribution in [-0.4, -0.2) is 17.6 Å². The highest BCUT2D eigenvalue weighted by Gasteiger charge is 2.17. The SMILES string of the molecule is Cc1cc(OC2CCSCC2)ccc1-c1c(C)sc2ccc(CCl)cc12. The fourth-order valence-corrected chi connectivity index (χ4v) is 5.95. The van der Waals surface area contributed by atoms with Crippen LogP contribution in [0, 0.1) is 13.8 Å². The molecule has 1 aromatic heterocycles. The third-order valence-corrected chi connectivity index (χ3v) is 7.46. The van der Waals surface area contributed by atoms with Gasteiger partial charge in [-0.2, -0.15) is 11.8 Å². The van der Waals surface area contributed by atoms with E-state index < -0.39 is 0 Å². The Morgan fingerprint density at radius 1 is 1.08 bits per heavy atom. The van der Waals surface area contributed by atoms with E-state index in [9.17, 15) is 0 Å². The fraction of sp³-hybridized carbons (Fsp3) is 0.364. The number of benzene rings is 2. The van der Waals surface area contributed by atoms with Crippen LogP contribution in [0.1, 0.15) is 28.8 Å². The molecule has 0 spiro atoms. The number of hydrogen-bond acceptors (Lipinski definition) is 3. The van der Waals surface area contributed by atoms with Gasteiger partial charge in [-0.15, -0.1) is 22.9 Å². The summed E-state index contributed by atoms with van der Waals surface area (Å²) in [5.74, 6) is 3.98. The summed E-state index contributed by atoms with van der Waals surface area (Å²) in [4.78, 5) is 1.35. The van der Waals surface area contributed by atoms with Gasteiger partial charge in [0.15, 0.2) is 0 Å². The monoisotopic (exact) mass is 402 g/mol. The van der Waals surface area contributed by atoms with E-state index >= 15 is 0 Å². The number of hydrogen-bond donors (Lipinski definition) is 0. The zero-order valence-corrected chi connectivity index (χ0v) is 17.6. The standard InChI is InChI=1S/C22H23ClOS2/c1-14-11-18(24-17-7-9-25-10-8-17)4-5-19(14)22-15(2)26-21-6-3-16(13-23)12-20(21)22/h3-6,11-12,17H,7-10,13H2,1-2H3. The molecule has 0 radical (unpaired) electrons. The molecule has 0 atom stereocenters. The van der Waals surface area contributed by atoms with Gasteiger partial charge in [0.2, 0.25) is 0 Å². The number of rotatable bonds is 4. The average molecular weight is 403 g/mol. The first-order valence-electron chi connectivity index (χ1n) is 9.09. The maximum absolute atomic E-state index is 6.23. The molecule has 2 aromatic carbocycles. The van der Waals surface area contributed by atoms with Gasteiger partial charge < -0.3 is 4.74 Å². The molecule has 3 aromatic rings. The second-order valence-electron chi connectivity index (χ2n) is 6.90. The van der Waals surface area contributed by atoms with E-state index in [0.29, 0.717) is 12.0 Å². The molecule has 0 saturated carbocycles. The molecule has 2 heterocycles. The largest absolute Gasteiger partial charge is 0.490 e. The van der Waals surface area contributed by atoms with Crippen molar-refractivity contribution >= 4 is 44.8 Å². The van der Waals surface area contributed by atoms with Crippen LogP contribution in [0.4, 0.5) is 0 Å². The highest BCUT2D eigenvalue weighted by molar-refractivity contribution is 7.99. The van der Waals surface area contributed by atoms with E-state index in [4.69, 9.17) is 16.3 Å². The first kappa shape index (κ1) is 18.2. The summed E-state index contributed by atoms with van der Waals surface area (Å²) in [7, 11) is 0. The van der Waals surface area contributed by atoms with Crippen LogP contribution >= 0.6 is 34.7 Å². The second-order valence-corrected chi connectivity index (χ2v) is 9.65. The molecule has 1 aliphatic rings. The summed E-state index contributed by atoms with van der Waals surface area (Å²) in [5.41, 5.74) is 5.08. The number of alkyl halides is 1. The minimum Gasteiger partial charge on any atom is -0.490 e. The van der Waals surface area contributed by atoms with Gasteiger partial charge in [0.25, 0.3) is 0 Å². The van der Waals surface area contributed by atoms with Crippen molar-refractivity contribution in [3.8, 4) is 16.9 Å². The molecule has 4 rings (SSSR count). The Balaban J connectivity index is 1.69. The lowest BCUT2D eigenvalue weighted by Gasteiger charge is -2.23. The number of thiophene rings is 1. The van der Waals surface area contributed by atoms with Gasteiger partial charge in [-0.25, -0.2) is 0 Å². The molecule has 0 amide bonds. The van der Waals surface area contributed by atoms with Gasteiger partial charge in [0.1, 0.15) is 11.9 Å². The van der Waals surface area contributed by atoms with E-state index in [1.54, 1.807) is 0 Å². The van der Waals surface area contributed by atoms with Crippen molar-refractivity contribution in [2.24, 2.45) is 0 Å². The topological polar surface area (TPSA) is 9.23 Å². The summed E-state index contributed by atoms with van der Waals surface area (Å²) < 4.78 is 7.56. The zero-order chi connectivity index (χ0) is 18.1. The highest BCUT2D eigenvalue weighted by atomic mass is 35.5. The van der Waals surface area contributed by atoms with E-state index in [0.717, 1.165) is 18.6 Å². The molecule has 0 N–H and O–H groups in total. The Morgan fingerprint density at radius 2 is 1.88 bits per heavy atom. The van der Waals surface area contributed by atoms with Gasteiger partial charge in [-0.1, -0.05) is 12.1 Å². The normalized spacial score (nSPS) is 15.5. The van der Waals surface area contributed by atoms with Crippen molar-refractivity contribution in [3.05, 3.63) is 52.4 Å². The smallest absolute Gasteiger partial charge is 0.120 e. The molecular weight excluding hydrogens is 380 g/mol. The van der Waals surface area contributed by atoms with Crippen molar-refractivity contribution in [3.63, 3.8) is 0 Å². The summed E-state index contributed by atoms with van der Waals surface area (Å²) in [6, 6.07) is 13.1. The van der Waals surface area contributed by atoms with Crippen molar-refractivity contribution in [2.45, 2.75) is 38.7 Å². The number of fused-ring (bicyclic) bond motifs is 1. The Bertz CT molecular complexity index is 925. The molecule has 136 valence electrons. The Labute approximate surface area is 168 Å². The summed E-state index contributed by atoms with van der Waals surface area (Å²) >= 11 is 9.95. The van der Waals surface area contributed by atoms with Gasteiger partial charge in [0.05, 0.1) is 0 Å². The average Bonchev–Trinajstić information content (AvgIpc) is 2.97. The highest BCUT2D eigenvalue weighted by Crippen LogP contribution is 2.41. The Kier molecular flexibility index (Phi) is 5.49. The molecule has 0 unspecified atom stereocenters. The van der Waals surface area contributed by atoms with E-state index in [2.05, 4.69) is 50.2 Å². The lowest BCUT2D eigenvalue weighted by Crippen LogP contribution is -2.22. The van der Waals surface area contributed by atoms with E-state index in [-0.39, 0.29) is 0 Å². The molecule has 1 aliphatic heterocycles. The summed E-state index contributed by atoms with van der Waals surface area (Å²) in [6.07, 6.45) is 2.68. The molecule has 1 nitrogen and oxygen atoms in total. The number of aryl methyl sites for hydroxylation is 2. The van der Waals surface area contributed by atoms with Crippen molar-refractivity contribution < 1.29 is 4.74 Å². The van der Waals surface area contributed by atoms with E-state index in [1.165, 1.54) is 48.7 Å². The predicted molar refractivity (Wildman–Crippen MR) is 117 cm³/mol. The maximum atomic E-state index is 6.23. The van der Waals surface area contributed by atoms with Crippen LogP contribution in [0.15, 0.2) is 36.4 Å². The number of thioether (sulfide) groups is 1. The van der Waals surface area contributed by atoms with Crippen molar-refractivity contribution in [2.75, 3.05) is 11.5 Å². The zero-order valence-electron chi connectivity index (χ0n) is 15.2. The van der Waals surface area contributed by atoms with Crippen LogP contribution in [0.5, 0.6) is 5.75 Å². The van der Waals surface area contributed by atoms with Crippen LogP contribution in [0.3, 0.4) is 0 Å². The first-order chi connectivity index (χ1) is 12.7. The Morgan fingerprint density at radius 3 is 2.62 bits per heavy atom. The molecule has 26 heavy (non-hydrogen) atoms. The minimum absolute atomic E-state index is 0.372. The number of ether oxygens (including phenoxy) is 1. The molecular formula is C22H23ClOS2. The molecule has 1 fully saturated rings. The van der Waals surface area contributed by atoms with Gasteiger partial charge >= 0.3 is 0 Å². The number of halogens is 1. The lowest BCUT2D eigenvalue weighted by molar-refractivity contribution is 0.192. The Hall–Kier alpha value is -1.16. The summed E-state index contributed by atoms with van der Waals surface area (Å²) in [5, 5.41) is 1.31.